The first-order valence-electron chi connectivity index (χ1n) is 5.35. The first-order chi connectivity index (χ1) is 8.08. The molecular formula is C11H15N5O. The fourth-order valence-electron chi connectivity index (χ4n) is 1.78. The van der Waals surface area contributed by atoms with Gasteiger partial charge in [-0.15, -0.1) is 0 Å². The molecule has 0 aliphatic carbocycles. The normalized spacial score (nSPS) is 10.9. The third-order valence-corrected chi connectivity index (χ3v) is 2.55. The van der Waals surface area contributed by atoms with E-state index in [0.29, 0.717) is 6.54 Å². The molecule has 2 heterocycles. The third-order valence-electron chi connectivity index (χ3n) is 2.55. The lowest BCUT2D eigenvalue weighted by Crippen LogP contribution is -2.28. The standard InChI is InChI=1S/C11H15N5O/c1-7-9-3-8(4-13-6-10(12)17)5-14-11(9)16(2)15-7/h3,5,13H,4,6H2,1-2H3,(H2,12,17). The monoisotopic (exact) mass is 233 g/mol. The molecule has 6 nitrogen and oxygen atoms in total. The number of aromatic nitrogens is 3. The van der Waals surface area contributed by atoms with Gasteiger partial charge in [-0.3, -0.25) is 9.48 Å². The minimum absolute atomic E-state index is 0.171. The molecule has 0 radical (unpaired) electrons. The number of nitrogens with zero attached hydrogens (tertiary/aromatic N) is 3. The smallest absolute Gasteiger partial charge is 0.231 e. The lowest BCUT2D eigenvalue weighted by atomic mass is 10.2. The van der Waals surface area contributed by atoms with Crippen LogP contribution >= 0.6 is 0 Å². The van der Waals surface area contributed by atoms with Gasteiger partial charge in [0, 0.05) is 25.2 Å². The van der Waals surface area contributed by atoms with Crippen LogP contribution < -0.4 is 11.1 Å². The highest BCUT2D eigenvalue weighted by molar-refractivity contribution is 5.78. The first-order valence-corrected chi connectivity index (χ1v) is 5.35. The number of hydrogen-bond donors (Lipinski definition) is 2. The molecule has 2 aromatic heterocycles. The number of amides is 1. The third kappa shape index (κ3) is 2.42. The molecule has 2 aromatic rings. The van der Waals surface area contributed by atoms with E-state index in [4.69, 9.17) is 5.73 Å². The molecule has 90 valence electrons. The highest BCUT2D eigenvalue weighted by atomic mass is 16.1. The van der Waals surface area contributed by atoms with E-state index in [2.05, 4.69) is 15.4 Å². The highest BCUT2D eigenvalue weighted by Gasteiger charge is 2.06. The van der Waals surface area contributed by atoms with Crippen molar-refractivity contribution in [3.8, 4) is 0 Å². The van der Waals surface area contributed by atoms with Crippen LogP contribution in [0, 0.1) is 6.92 Å². The van der Waals surface area contributed by atoms with Crippen molar-refractivity contribution in [1.29, 1.82) is 0 Å². The maximum atomic E-state index is 10.6. The first kappa shape index (κ1) is 11.5. The van der Waals surface area contributed by atoms with Crippen LogP contribution in [0.1, 0.15) is 11.3 Å². The Bertz CT molecular complexity index is 560. The van der Waals surface area contributed by atoms with Crippen LogP contribution in [0.3, 0.4) is 0 Å². The van der Waals surface area contributed by atoms with Gasteiger partial charge in [0.2, 0.25) is 5.91 Å². The Morgan fingerprint density at radius 3 is 3.06 bits per heavy atom. The molecule has 0 bridgehead atoms. The van der Waals surface area contributed by atoms with Gasteiger partial charge in [-0.2, -0.15) is 5.10 Å². The minimum atomic E-state index is -0.364. The summed E-state index contributed by atoms with van der Waals surface area (Å²) in [6.45, 7) is 2.69. The number of fused-ring (bicyclic) bond motifs is 1. The topological polar surface area (TPSA) is 85.8 Å². The molecule has 0 saturated carbocycles. The Hall–Kier alpha value is -1.95. The second kappa shape index (κ2) is 4.50. The van der Waals surface area contributed by atoms with Crippen LogP contribution in [0.15, 0.2) is 12.3 Å². The van der Waals surface area contributed by atoms with Crippen LogP contribution in [0.4, 0.5) is 0 Å². The molecule has 17 heavy (non-hydrogen) atoms. The second-order valence-corrected chi connectivity index (χ2v) is 3.99. The van der Waals surface area contributed by atoms with E-state index in [1.807, 2.05) is 20.0 Å². The van der Waals surface area contributed by atoms with Gasteiger partial charge in [-0.1, -0.05) is 0 Å². The summed E-state index contributed by atoms with van der Waals surface area (Å²) >= 11 is 0. The molecule has 0 saturated heterocycles. The van der Waals surface area contributed by atoms with E-state index in [9.17, 15) is 4.79 Å². The van der Waals surface area contributed by atoms with E-state index in [1.54, 1.807) is 10.9 Å². The molecule has 0 aliphatic rings. The molecule has 3 N–H and O–H groups in total. The van der Waals surface area contributed by atoms with Gasteiger partial charge in [0.15, 0.2) is 5.65 Å². The number of primary amides is 1. The zero-order valence-corrected chi connectivity index (χ0v) is 9.90. The number of carbonyl (C=O) groups is 1. The van der Waals surface area contributed by atoms with Gasteiger partial charge < -0.3 is 11.1 Å². The Morgan fingerprint density at radius 2 is 2.35 bits per heavy atom. The average Bonchev–Trinajstić information content (AvgIpc) is 2.54. The number of hydrogen-bond acceptors (Lipinski definition) is 4. The van der Waals surface area contributed by atoms with E-state index in [-0.39, 0.29) is 12.5 Å². The van der Waals surface area contributed by atoms with Gasteiger partial charge in [0.25, 0.3) is 0 Å². The van der Waals surface area contributed by atoms with Gasteiger partial charge >= 0.3 is 0 Å². The predicted octanol–water partition coefficient (Wildman–Crippen LogP) is -0.148. The summed E-state index contributed by atoms with van der Waals surface area (Å²) in [6, 6.07) is 2.03. The summed E-state index contributed by atoms with van der Waals surface area (Å²) in [6.07, 6.45) is 1.78. The van der Waals surface area contributed by atoms with E-state index < -0.39 is 0 Å². The molecule has 2 rings (SSSR count). The summed E-state index contributed by atoms with van der Waals surface area (Å²) in [5.41, 5.74) is 7.87. The Balaban J connectivity index is 2.19. The van der Waals surface area contributed by atoms with Crippen molar-refractivity contribution < 1.29 is 4.79 Å². The van der Waals surface area contributed by atoms with Crippen LogP contribution in [0.2, 0.25) is 0 Å². The predicted molar refractivity (Wildman–Crippen MR) is 64.1 cm³/mol. The van der Waals surface area contributed by atoms with Crippen molar-refractivity contribution in [2.45, 2.75) is 13.5 Å². The summed E-state index contributed by atoms with van der Waals surface area (Å²) in [5.74, 6) is -0.364. The fourth-order valence-corrected chi connectivity index (χ4v) is 1.78. The van der Waals surface area contributed by atoms with E-state index in [1.165, 1.54) is 0 Å². The highest BCUT2D eigenvalue weighted by Crippen LogP contribution is 2.16. The summed E-state index contributed by atoms with van der Waals surface area (Å²) in [4.78, 5) is 14.9. The summed E-state index contributed by atoms with van der Waals surface area (Å²) < 4.78 is 1.76. The van der Waals surface area contributed by atoms with Crippen molar-refractivity contribution in [1.82, 2.24) is 20.1 Å². The molecule has 0 aliphatic heterocycles. The number of nitrogens with one attached hydrogen (secondary N) is 1. The zero-order chi connectivity index (χ0) is 12.4. The van der Waals surface area contributed by atoms with Crippen LogP contribution in [-0.2, 0) is 18.4 Å². The van der Waals surface area contributed by atoms with Gasteiger partial charge in [0.05, 0.1) is 12.2 Å². The minimum Gasteiger partial charge on any atom is -0.369 e. The van der Waals surface area contributed by atoms with E-state index >= 15 is 0 Å². The largest absolute Gasteiger partial charge is 0.369 e. The van der Waals surface area contributed by atoms with Crippen LogP contribution in [0.25, 0.3) is 11.0 Å². The van der Waals surface area contributed by atoms with Crippen LogP contribution in [0.5, 0.6) is 0 Å². The van der Waals surface area contributed by atoms with Gasteiger partial charge in [0.1, 0.15) is 0 Å². The maximum Gasteiger partial charge on any atom is 0.231 e. The molecule has 0 atom stereocenters. The Labute approximate surface area is 98.8 Å². The van der Waals surface area contributed by atoms with Crippen molar-refractivity contribution in [2.24, 2.45) is 12.8 Å². The molecule has 6 heteroatoms. The number of nitrogens with two attached hydrogens (primary N) is 1. The number of rotatable bonds is 4. The summed E-state index contributed by atoms with van der Waals surface area (Å²) in [5, 5.41) is 8.28. The fraction of sp³-hybridized carbons (Fsp3) is 0.364. The lowest BCUT2D eigenvalue weighted by Gasteiger charge is -2.02. The number of carbonyl (C=O) groups excluding carboxylic acids is 1. The summed E-state index contributed by atoms with van der Waals surface area (Å²) in [7, 11) is 1.87. The maximum absolute atomic E-state index is 10.6. The quantitative estimate of drug-likeness (QED) is 0.769. The lowest BCUT2D eigenvalue weighted by molar-refractivity contribution is -0.117. The van der Waals surface area contributed by atoms with Crippen molar-refractivity contribution >= 4 is 16.9 Å². The van der Waals surface area contributed by atoms with Crippen molar-refractivity contribution in [3.05, 3.63) is 23.5 Å². The molecule has 0 fully saturated rings. The number of aryl methyl sites for hydroxylation is 2. The second-order valence-electron chi connectivity index (χ2n) is 3.99. The number of pyridine rings is 1. The Kier molecular flexibility index (Phi) is 3.06. The van der Waals surface area contributed by atoms with Crippen molar-refractivity contribution in [2.75, 3.05) is 6.54 Å². The molecule has 0 aromatic carbocycles. The SMILES string of the molecule is Cc1nn(C)c2ncc(CNCC(N)=O)cc12. The zero-order valence-electron chi connectivity index (χ0n) is 9.90. The van der Waals surface area contributed by atoms with Crippen LogP contribution in [-0.4, -0.2) is 27.2 Å². The van der Waals surface area contributed by atoms with E-state index in [0.717, 1.165) is 22.3 Å². The average molecular weight is 233 g/mol. The van der Waals surface area contributed by atoms with Crippen molar-refractivity contribution in [3.63, 3.8) is 0 Å². The Morgan fingerprint density at radius 1 is 1.59 bits per heavy atom. The molecule has 0 spiro atoms. The molecule has 1 amide bonds. The molecular weight excluding hydrogens is 218 g/mol. The van der Waals surface area contributed by atoms with Gasteiger partial charge in [-0.05, 0) is 18.6 Å². The molecule has 0 unspecified atom stereocenters. The van der Waals surface area contributed by atoms with Gasteiger partial charge in [-0.25, -0.2) is 4.98 Å².